The monoisotopic (exact) mass is 620 g/mol. The first kappa shape index (κ1) is 31.6. The van der Waals surface area contributed by atoms with Crippen LogP contribution in [0.3, 0.4) is 0 Å². The van der Waals surface area contributed by atoms with E-state index in [0.29, 0.717) is 23.5 Å². The lowest BCUT2D eigenvalue weighted by molar-refractivity contribution is -0.187. The van der Waals surface area contributed by atoms with E-state index in [-0.39, 0.29) is 12.2 Å². The highest BCUT2D eigenvalue weighted by molar-refractivity contribution is 6.32. The van der Waals surface area contributed by atoms with Crippen molar-refractivity contribution in [3.05, 3.63) is 81.6 Å². The number of hydrogen-bond acceptors (Lipinski definition) is 2. The Bertz CT molecular complexity index is 1220. The summed E-state index contributed by atoms with van der Waals surface area (Å²) >= 11 is 11.9. The summed E-state index contributed by atoms with van der Waals surface area (Å²) < 4.78 is 92.8. The lowest BCUT2D eigenvalue weighted by atomic mass is 9.77. The maximum atomic E-state index is 15.1. The Morgan fingerprint density at radius 2 is 1.46 bits per heavy atom. The van der Waals surface area contributed by atoms with Gasteiger partial charge in [-0.3, -0.25) is 0 Å². The first-order valence-corrected chi connectivity index (χ1v) is 14.6. The molecule has 0 atom stereocenters. The molecule has 10 heteroatoms. The van der Waals surface area contributed by atoms with Crippen molar-refractivity contribution >= 4 is 23.2 Å². The molecule has 2 saturated carbocycles. The molecule has 2 nitrogen and oxygen atoms in total. The van der Waals surface area contributed by atoms with Crippen LogP contribution in [0.2, 0.25) is 10.0 Å². The molecule has 2 aromatic carbocycles. The fourth-order valence-corrected chi connectivity index (χ4v) is 6.43. The van der Waals surface area contributed by atoms with Gasteiger partial charge in [0.05, 0.1) is 10.0 Å². The molecule has 0 saturated heterocycles. The summed E-state index contributed by atoms with van der Waals surface area (Å²) in [5.41, 5.74) is -0.660. The molecule has 0 bridgehead atoms. The van der Waals surface area contributed by atoms with E-state index in [4.69, 9.17) is 23.2 Å². The van der Waals surface area contributed by atoms with Crippen LogP contribution in [0.1, 0.15) is 81.8 Å². The minimum atomic E-state index is -4.29. The van der Waals surface area contributed by atoms with Crippen LogP contribution < -0.4 is 9.47 Å². The molecule has 4 rings (SSSR count). The van der Waals surface area contributed by atoms with Crippen LogP contribution in [-0.2, 0) is 6.11 Å². The highest BCUT2D eigenvalue weighted by atomic mass is 35.5. The third-order valence-corrected chi connectivity index (χ3v) is 8.79. The molecule has 0 aromatic heterocycles. The minimum Gasteiger partial charge on any atom is -0.455 e. The molecule has 41 heavy (non-hydrogen) atoms. The number of halogens is 8. The predicted octanol–water partition coefficient (Wildman–Crippen LogP) is 11.6. The average molecular weight is 621 g/mol. The van der Waals surface area contributed by atoms with Crippen molar-refractivity contribution in [2.75, 3.05) is 0 Å². The highest BCUT2D eigenvalue weighted by Gasteiger charge is 2.41. The zero-order valence-corrected chi connectivity index (χ0v) is 24.1. The van der Waals surface area contributed by atoms with E-state index in [1.54, 1.807) is 0 Å². The van der Waals surface area contributed by atoms with Crippen LogP contribution in [0.15, 0.2) is 48.8 Å². The second-order valence-corrected chi connectivity index (χ2v) is 11.7. The molecule has 0 N–H and O–H groups in total. The van der Waals surface area contributed by atoms with E-state index >= 15 is 13.2 Å². The van der Waals surface area contributed by atoms with Crippen molar-refractivity contribution in [2.45, 2.75) is 76.7 Å². The van der Waals surface area contributed by atoms with Gasteiger partial charge in [0, 0.05) is 12.1 Å². The third kappa shape index (κ3) is 8.16. The van der Waals surface area contributed by atoms with Crippen LogP contribution >= 0.6 is 23.2 Å². The first-order valence-electron chi connectivity index (χ1n) is 13.9. The van der Waals surface area contributed by atoms with E-state index < -0.39 is 50.9 Å². The van der Waals surface area contributed by atoms with E-state index in [0.717, 1.165) is 43.7 Å². The van der Waals surface area contributed by atoms with Gasteiger partial charge in [-0.15, -0.1) is 0 Å². The van der Waals surface area contributed by atoms with Crippen LogP contribution in [0.5, 0.6) is 11.5 Å². The number of benzene rings is 2. The number of ether oxygens (including phenoxy) is 2. The molecule has 0 unspecified atom stereocenters. The molecule has 0 radical (unpaired) electrons. The van der Waals surface area contributed by atoms with Crippen molar-refractivity contribution in [1.29, 1.82) is 0 Å². The van der Waals surface area contributed by atoms with Crippen molar-refractivity contribution in [2.24, 2.45) is 17.8 Å². The summed E-state index contributed by atoms with van der Waals surface area (Å²) in [6.45, 7) is 2.25. The fourth-order valence-electron chi connectivity index (χ4n) is 5.87. The van der Waals surface area contributed by atoms with Crippen molar-refractivity contribution in [3.8, 4) is 11.5 Å². The number of allylic oxidation sites excluding steroid dienone is 2. The number of hydrogen-bond donors (Lipinski definition) is 0. The Labute approximate surface area is 246 Å². The van der Waals surface area contributed by atoms with Gasteiger partial charge < -0.3 is 9.47 Å². The molecule has 2 fully saturated rings. The SMILES string of the molecule is CCC1CCC(C=CC2CCC(c3cc(F)c(C(F)(F)Oc4cc(F)c(OC=C(F)F)c(Cl)c4)c(Cl)c3)CC2)CC1. The second kappa shape index (κ2) is 13.8. The van der Waals surface area contributed by atoms with Gasteiger partial charge in [-0.2, -0.15) is 17.6 Å². The molecule has 0 aliphatic heterocycles. The van der Waals surface area contributed by atoms with Gasteiger partial charge in [-0.25, -0.2) is 8.78 Å². The lowest BCUT2D eigenvalue weighted by Crippen LogP contribution is -2.24. The minimum absolute atomic E-state index is 0.0149. The summed E-state index contributed by atoms with van der Waals surface area (Å²) in [6.07, 6.45) is 7.81. The van der Waals surface area contributed by atoms with Crippen molar-refractivity contribution in [3.63, 3.8) is 0 Å². The summed E-state index contributed by atoms with van der Waals surface area (Å²) in [5.74, 6) is -2.25. The van der Waals surface area contributed by atoms with Gasteiger partial charge in [-0.05, 0) is 92.7 Å². The van der Waals surface area contributed by atoms with Crippen LogP contribution in [0.4, 0.5) is 26.3 Å². The molecule has 0 amide bonds. The molecular formula is C31H32Cl2F6O2. The van der Waals surface area contributed by atoms with Gasteiger partial charge in [0.1, 0.15) is 17.1 Å². The molecule has 2 aliphatic carbocycles. The van der Waals surface area contributed by atoms with E-state index in [1.807, 2.05) is 0 Å². The maximum absolute atomic E-state index is 15.1. The van der Waals surface area contributed by atoms with Crippen LogP contribution in [0.25, 0.3) is 0 Å². The standard InChI is InChI=1S/C31H32Cl2F6O2/c1-2-18-3-5-19(6-4-18)7-8-20-9-11-21(12-10-20)22-13-24(32)29(26(34)14-22)31(38,39)41-23-15-25(33)30(27(35)16-23)40-17-28(36)37/h7-8,13-21H,2-6,9-12H2,1H3. The highest BCUT2D eigenvalue weighted by Crippen LogP contribution is 2.44. The smallest absolute Gasteiger partial charge is 0.431 e. The van der Waals surface area contributed by atoms with Gasteiger partial charge in [-0.1, -0.05) is 48.7 Å². The average Bonchev–Trinajstić information content (AvgIpc) is 2.91. The molecule has 0 spiro atoms. The summed E-state index contributed by atoms with van der Waals surface area (Å²) in [4.78, 5) is 0. The number of alkyl halides is 2. The fraction of sp³-hybridized carbons (Fsp3) is 0.484. The Morgan fingerprint density at radius 1 is 0.854 bits per heavy atom. The molecule has 2 aromatic rings. The van der Waals surface area contributed by atoms with Gasteiger partial charge >= 0.3 is 12.2 Å². The Hall–Kier alpha value is -2.32. The van der Waals surface area contributed by atoms with Crippen molar-refractivity contribution < 1.29 is 35.8 Å². The quantitative estimate of drug-likeness (QED) is 0.158. The van der Waals surface area contributed by atoms with Crippen molar-refractivity contribution in [1.82, 2.24) is 0 Å². The predicted molar refractivity (Wildman–Crippen MR) is 148 cm³/mol. The van der Waals surface area contributed by atoms with Crippen LogP contribution in [-0.4, -0.2) is 0 Å². The number of rotatable bonds is 9. The summed E-state index contributed by atoms with van der Waals surface area (Å²) in [5, 5.41) is -1.13. The Morgan fingerprint density at radius 3 is 2.00 bits per heavy atom. The van der Waals surface area contributed by atoms with Gasteiger partial charge in [0.15, 0.2) is 17.8 Å². The maximum Gasteiger partial charge on any atom is 0.431 e. The second-order valence-electron chi connectivity index (χ2n) is 10.9. The zero-order chi connectivity index (χ0) is 29.7. The zero-order valence-electron chi connectivity index (χ0n) is 22.6. The summed E-state index contributed by atoms with van der Waals surface area (Å²) in [6, 6.07) is 3.57. The molecule has 2 aliphatic rings. The Balaban J connectivity index is 1.40. The lowest BCUT2D eigenvalue weighted by Gasteiger charge is -2.29. The molecule has 224 valence electrons. The van der Waals surface area contributed by atoms with E-state index in [2.05, 4.69) is 28.5 Å². The van der Waals surface area contributed by atoms with Gasteiger partial charge in [0.2, 0.25) is 0 Å². The van der Waals surface area contributed by atoms with E-state index in [9.17, 15) is 13.2 Å². The molecule has 0 heterocycles. The first-order chi connectivity index (χ1) is 19.5. The summed E-state index contributed by atoms with van der Waals surface area (Å²) in [7, 11) is 0. The largest absolute Gasteiger partial charge is 0.455 e. The molecular weight excluding hydrogens is 589 g/mol. The Kier molecular flexibility index (Phi) is 10.6. The van der Waals surface area contributed by atoms with E-state index in [1.165, 1.54) is 38.2 Å². The topological polar surface area (TPSA) is 18.5 Å². The van der Waals surface area contributed by atoms with Gasteiger partial charge in [0.25, 0.3) is 0 Å². The van der Waals surface area contributed by atoms with Crippen LogP contribution in [0, 0.1) is 29.4 Å². The third-order valence-electron chi connectivity index (χ3n) is 8.21. The normalized spacial score (nSPS) is 23.4.